The van der Waals surface area contributed by atoms with Gasteiger partial charge >= 0.3 is 12.4 Å². The highest BCUT2D eigenvalue weighted by Gasteiger charge is 2.37. The number of benzene rings is 1. The van der Waals surface area contributed by atoms with Gasteiger partial charge in [-0.05, 0) is 23.8 Å². The third-order valence-corrected chi connectivity index (χ3v) is 3.16. The summed E-state index contributed by atoms with van der Waals surface area (Å²) in [6.45, 7) is 0.406. The molecular weight excluding hydrogens is 328 g/mol. The number of oxime groups is 1. The minimum absolute atomic E-state index is 0.0810. The van der Waals surface area contributed by atoms with Gasteiger partial charge in [-0.1, -0.05) is 5.16 Å². The Balaban J connectivity index is 2.36. The third-order valence-electron chi connectivity index (χ3n) is 3.16. The molecule has 10 heteroatoms. The zero-order valence-corrected chi connectivity index (χ0v) is 11.5. The highest BCUT2D eigenvalue weighted by Crippen LogP contribution is 2.36. The molecule has 23 heavy (non-hydrogen) atoms. The van der Waals surface area contributed by atoms with Crippen LogP contribution < -0.4 is 0 Å². The van der Waals surface area contributed by atoms with Crippen molar-refractivity contribution < 1.29 is 31.5 Å². The van der Waals surface area contributed by atoms with Gasteiger partial charge in [0.2, 0.25) is 0 Å². The maximum absolute atomic E-state index is 12.8. The van der Waals surface area contributed by atoms with Crippen LogP contribution in [0.5, 0.6) is 0 Å². The molecule has 2 rings (SSSR count). The summed E-state index contributed by atoms with van der Waals surface area (Å²) < 4.78 is 76.7. The number of halogens is 6. The molecule has 1 aliphatic rings. The zero-order chi connectivity index (χ0) is 17.3. The van der Waals surface area contributed by atoms with E-state index in [0.29, 0.717) is 25.2 Å². The summed E-state index contributed by atoms with van der Waals surface area (Å²) in [4.78, 5) is 5.36. The molecule has 0 saturated carbocycles. The second kappa shape index (κ2) is 6.09. The van der Waals surface area contributed by atoms with Gasteiger partial charge in [0, 0.05) is 13.1 Å². The summed E-state index contributed by atoms with van der Waals surface area (Å²) in [7, 11) is 0. The van der Waals surface area contributed by atoms with Crippen molar-refractivity contribution in [3.8, 4) is 0 Å². The van der Waals surface area contributed by atoms with Crippen molar-refractivity contribution in [1.82, 2.24) is 4.90 Å². The molecular formula is C13H11F6N3O. The van der Waals surface area contributed by atoms with Gasteiger partial charge in [0.1, 0.15) is 12.1 Å². The largest absolute Gasteiger partial charge is 0.416 e. The van der Waals surface area contributed by atoms with E-state index in [4.69, 9.17) is 5.21 Å². The fraction of sp³-hybridized carbons (Fsp3) is 0.385. The normalized spacial score (nSPS) is 16.3. The first-order valence-corrected chi connectivity index (χ1v) is 6.36. The van der Waals surface area contributed by atoms with Crippen LogP contribution in [0.15, 0.2) is 28.3 Å². The Kier molecular flexibility index (Phi) is 4.53. The molecule has 0 fully saturated rings. The lowest BCUT2D eigenvalue weighted by atomic mass is 10.0. The van der Waals surface area contributed by atoms with Crippen molar-refractivity contribution in [3.05, 3.63) is 34.9 Å². The quantitative estimate of drug-likeness (QED) is 0.397. The van der Waals surface area contributed by atoms with Crippen LogP contribution >= 0.6 is 0 Å². The molecule has 1 aromatic rings. The van der Waals surface area contributed by atoms with Crippen LogP contribution in [-0.4, -0.2) is 35.2 Å². The minimum atomic E-state index is -4.88. The maximum atomic E-state index is 12.8. The van der Waals surface area contributed by atoms with E-state index in [1.807, 2.05) is 0 Å². The van der Waals surface area contributed by atoms with Crippen LogP contribution in [0, 0.1) is 0 Å². The Morgan fingerprint density at radius 1 is 1.09 bits per heavy atom. The average Bonchev–Trinajstić information content (AvgIpc) is 2.84. The number of rotatable bonds is 3. The van der Waals surface area contributed by atoms with Crippen LogP contribution in [-0.2, 0) is 18.9 Å². The first-order chi connectivity index (χ1) is 10.6. The van der Waals surface area contributed by atoms with Gasteiger partial charge in [-0.3, -0.25) is 4.99 Å². The van der Waals surface area contributed by atoms with Crippen molar-refractivity contribution in [1.29, 1.82) is 0 Å². The van der Waals surface area contributed by atoms with E-state index in [1.54, 1.807) is 0 Å². The predicted molar refractivity (Wildman–Crippen MR) is 69.4 cm³/mol. The molecule has 0 saturated heterocycles. The number of hydrogen-bond acceptors (Lipinski definition) is 4. The summed E-state index contributed by atoms with van der Waals surface area (Å²) in [5, 5.41) is 11.2. The Bertz CT molecular complexity index is 603. The Hall–Kier alpha value is -2.26. The molecule has 1 N–H and O–H groups in total. The lowest BCUT2D eigenvalue weighted by molar-refractivity contribution is -0.143. The molecule has 0 aromatic heterocycles. The summed E-state index contributed by atoms with van der Waals surface area (Å²) in [6.07, 6.45) is -8.79. The molecule has 0 aliphatic carbocycles. The number of amidine groups is 1. The molecule has 1 aromatic carbocycles. The van der Waals surface area contributed by atoms with Crippen molar-refractivity contribution in [2.24, 2.45) is 10.1 Å². The summed E-state index contributed by atoms with van der Waals surface area (Å²) in [6, 6.07) is 1.42. The van der Waals surface area contributed by atoms with Crippen LogP contribution in [0.2, 0.25) is 0 Å². The first-order valence-electron chi connectivity index (χ1n) is 6.36. The average molecular weight is 339 g/mol. The Morgan fingerprint density at radius 3 is 2.13 bits per heavy atom. The number of aliphatic imine (C=N–C) groups is 1. The van der Waals surface area contributed by atoms with Crippen LogP contribution in [0.3, 0.4) is 0 Å². The lowest BCUT2D eigenvalue weighted by Gasteiger charge is -2.20. The van der Waals surface area contributed by atoms with E-state index in [9.17, 15) is 26.3 Å². The number of hydrogen-bond donors (Lipinski definition) is 1. The van der Waals surface area contributed by atoms with Gasteiger partial charge in [-0.15, -0.1) is 0 Å². The number of alkyl halides is 6. The zero-order valence-electron chi connectivity index (χ0n) is 11.5. The fourth-order valence-electron chi connectivity index (χ4n) is 2.16. The van der Waals surface area contributed by atoms with Crippen molar-refractivity contribution >= 4 is 12.1 Å². The highest BCUT2D eigenvalue weighted by atomic mass is 19.4. The van der Waals surface area contributed by atoms with Crippen molar-refractivity contribution in [3.63, 3.8) is 0 Å². The van der Waals surface area contributed by atoms with E-state index in [-0.39, 0.29) is 24.0 Å². The number of nitrogens with zero attached hydrogens (tertiary/aromatic N) is 3. The molecule has 0 spiro atoms. The molecule has 126 valence electrons. The topological polar surface area (TPSA) is 48.2 Å². The highest BCUT2D eigenvalue weighted by molar-refractivity contribution is 6.29. The maximum Gasteiger partial charge on any atom is 0.416 e. The molecule has 1 aliphatic heterocycles. The van der Waals surface area contributed by atoms with E-state index in [0.717, 1.165) is 6.21 Å². The minimum Gasteiger partial charge on any atom is -0.411 e. The summed E-state index contributed by atoms with van der Waals surface area (Å²) in [5.74, 6) is 0.193. The van der Waals surface area contributed by atoms with Crippen LogP contribution in [0.25, 0.3) is 0 Å². The summed E-state index contributed by atoms with van der Waals surface area (Å²) in [5.41, 5.74) is -2.89. The smallest absolute Gasteiger partial charge is 0.411 e. The molecule has 1 heterocycles. The van der Waals surface area contributed by atoms with E-state index in [1.165, 1.54) is 4.90 Å². The lowest BCUT2D eigenvalue weighted by Crippen LogP contribution is -2.28. The molecule has 0 bridgehead atoms. The van der Waals surface area contributed by atoms with Gasteiger partial charge in [-0.2, -0.15) is 26.3 Å². The fourth-order valence-corrected chi connectivity index (χ4v) is 2.16. The van der Waals surface area contributed by atoms with Crippen molar-refractivity contribution in [2.45, 2.75) is 18.9 Å². The SMILES string of the molecule is ON=CC1=NCCN1Cc1cc(C(F)(F)F)cc(C(F)(F)F)c1. The standard InChI is InChI=1S/C13H11F6N3O/c14-12(15,16)9-3-8(4-10(5-9)13(17,18)19)7-22-2-1-20-11(22)6-21-23/h3-6,23H,1-2,7H2. The van der Waals surface area contributed by atoms with E-state index >= 15 is 0 Å². The monoisotopic (exact) mass is 339 g/mol. The van der Waals surface area contributed by atoms with E-state index in [2.05, 4.69) is 10.1 Å². The van der Waals surface area contributed by atoms with Gasteiger partial charge in [0.05, 0.1) is 17.7 Å². The molecule has 4 nitrogen and oxygen atoms in total. The van der Waals surface area contributed by atoms with Gasteiger partial charge in [0.25, 0.3) is 0 Å². The Morgan fingerprint density at radius 2 is 1.65 bits per heavy atom. The van der Waals surface area contributed by atoms with Gasteiger partial charge in [0.15, 0.2) is 0 Å². The van der Waals surface area contributed by atoms with Crippen molar-refractivity contribution in [2.75, 3.05) is 13.1 Å². The third kappa shape index (κ3) is 4.14. The molecule has 0 amide bonds. The molecule has 0 atom stereocenters. The molecule has 0 radical (unpaired) electrons. The van der Waals surface area contributed by atoms with Gasteiger partial charge in [-0.25, -0.2) is 0 Å². The van der Waals surface area contributed by atoms with Crippen LogP contribution in [0.1, 0.15) is 16.7 Å². The summed E-state index contributed by atoms with van der Waals surface area (Å²) >= 11 is 0. The van der Waals surface area contributed by atoms with Gasteiger partial charge < -0.3 is 10.1 Å². The molecule has 0 unspecified atom stereocenters. The van der Waals surface area contributed by atoms with E-state index < -0.39 is 23.5 Å². The van der Waals surface area contributed by atoms with Crippen LogP contribution in [0.4, 0.5) is 26.3 Å². The second-order valence-electron chi connectivity index (χ2n) is 4.82. The first kappa shape index (κ1) is 17.1. The predicted octanol–water partition coefficient (Wildman–Crippen LogP) is 3.40. The Labute approximate surface area is 126 Å². The second-order valence-corrected chi connectivity index (χ2v) is 4.82.